The van der Waals surface area contributed by atoms with E-state index in [1.807, 2.05) is 43.5 Å². The topological polar surface area (TPSA) is 130 Å². The van der Waals surface area contributed by atoms with E-state index in [9.17, 15) is 9.18 Å². The second kappa shape index (κ2) is 14.1. The Hall–Kier alpha value is -4.52. The fourth-order valence-corrected chi connectivity index (χ4v) is 5.22. The number of amides is 1. The van der Waals surface area contributed by atoms with Gasteiger partial charge < -0.3 is 25.1 Å². The van der Waals surface area contributed by atoms with Crippen molar-refractivity contribution in [2.75, 3.05) is 51.4 Å². The van der Waals surface area contributed by atoms with Crippen molar-refractivity contribution in [3.05, 3.63) is 84.1 Å². The van der Waals surface area contributed by atoms with E-state index in [0.717, 1.165) is 37.3 Å². The molecule has 4 heterocycles. The highest BCUT2D eigenvalue weighted by atomic mass is 19.1. The van der Waals surface area contributed by atoms with Crippen LogP contribution in [0.25, 0.3) is 22.6 Å². The minimum Gasteiger partial charge on any atom is -0.355 e. The molecular formula is C33H37FN8O3. The quantitative estimate of drug-likeness (QED) is 0.203. The zero-order valence-corrected chi connectivity index (χ0v) is 25.2. The summed E-state index contributed by atoms with van der Waals surface area (Å²) in [7, 11) is 0. The molecule has 0 atom stereocenters. The Kier molecular flexibility index (Phi) is 9.53. The van der Waals surface area contributed by atoms with Gasteiger partial charge in [0, 0.05) is 49.6 Å². The highest BCUT2D eigenvalue weighted by Gasteiger charge is 2.35. The SMILES string of the molecule is CC1(CNC(=O)Cc2ccccc2)COC(c2nc(-c3ccc(F)cc3)c(-c3ccnc(NCCCN4CC=NC4)n3)[nH]2)OC1. The first-order valence-corrected chi connectivity index (χ1v) is 15.1. The number of nitrogens with one attached hydrogen (secondary N) is 3. The summed E-state index contributed by atoms with van der Waals surface area (Å²) < 4.78 is 26.1. The molecule has 0 bridgehead atoms. The van der Waals surface area contributed by atoms with Gasteiger partial charge in [-0.1, -0.05) is 37.3 Å². The number of benzene rings is 2. The Labute approximate surface area is 261 Å². The Morgan fingerprint density at radius 2 is 1.89 bits per heavy atom. The summed E-state index contributed by atoms with van der Waals surface area (Å²) in [4.78, 5) is 36.3. The van der Waals surface area contributed by atoms with Crippen LogP contribution in [-0.2, 0) is 20.7 Å². The van der Waals surface area contributed by atoms with Crippen LogP contribution in [0.15, 0.2) is 71.9 Å². The Bertz CT molecular complexity index is 1600. The molecule has 0 radical (unpaired) electrons. The van der Waals surface area contributed by atoms with Gasteiger partial charge in [-0.3, -0.25) is 14.7 Å². The number of aromatic amines is 1. The van der Waals surface area contributed by atoms with Gasteiger partial charge >= 0.3 is 0 Å². The van der Waals surface area contributed by atoms with Gasteiger partial charge in [-0.05, 0) is 42.3 Å². The average Bonchev–Trinajstić information content (AvgIpc) is 3.75. The summed E-state index contributed by atoms with van der Waals surface area (Å²) >= 11 is 0. The maximum Gasteiger partial charge on any atom is 0.224 e. The first-order valence-electron chi connectivity index (χ1n) is 15.1. The number of aliphatic imine (C=N–C) groups is 1. The van der Waals surface area contributed by atoms with E-state index in [0.29, 0.717) is 61.6 Å². The molecule has 0 unspecified atom stereocenters. The van der Waals surface area contributed by atoms with Gasteiger partial charge in [-0.15, -0.1) is 0 Å². The van der Waals surface area contributed by atoms with Gasteiger partial charge in [0.15, 0.2) is 5.82 Å². The molecule has 12 heteroatoms. The van der Waals surface area contributed by atoms with Gasteiger partial charge in [0.1, 0.15) is 5.82 Å². The molecule has 1 amide bonds. The number of carbonyl (C=O) groups is 1. The zero-order valence-electron chi connectivity index (χ0n) is 25.2. The predicted molar refractivity (Wildman–Crippen MR) is 169 cm³/mol. The Morgan fingerprint density at radius 3 is 2.64 bits per heavy atom. The van der Waals surface area contributed by atoms with Crippen molar-refractivity contribution in [1.29, 1.82) is 0 Å². The molecular weight excluding hydrogens is 575 g/mol. The molecule has 11 nitrogen and oxygen atoms in total. The number of nitrogens with zero attached hydrogens (tertiary/aromatic N) is 5. The van der Waals surface area contributed by atoms with Crippen LogP contribution in [0.5, 0.6) is 0 Å². The fourth-order valence-electron chi connectivity index (χ4n) is 5.22. The molecule has 1 saturated heterocycles. The fraction of sp³-hybridized carbons (Fsp3) is 0.364. The van der Waals surface area contributed by atoms with Crippen molar-refractivity contribution in [1.82, 2.24) is 30.2 Å². The van der Waals surface area contributed by atoms with Crippen LogP contribution in [0.3, 0.4) is 0 Å². The van der Waals surface area contributed by atoms with Gasteiger partial charge in [-0.2, -0.15) is 0 Å². The molecule has 2 aliphatic heterocycles. The summed E-state index contributed by atoms with van der Waals surface area (Å²) in [6.07, 6.45) is 4.13. The van der Waals surface area contributed by atoms with E-state index in [4.69, 9.17) is 19.4 Å². The van der Waals surface area contributed by atoms with Crippen LogP contribution in [0.2, 0.25) is 0 Å². The molecule has 0 spiro atoms. The molecule has 0 aliphatic carbocycles. The highest BCUT2D eigenvalue weighted by Crippen LogP contribution is 2.35. The maximum absolute atomic E-state index is 13.8. The monoisotopic (exact) mass is 612 g/mol. The standard InChI is InChI=1S/C33H37FN8O3/c1-33(19-38-27(43)18-23-6-3-2-4-7-23)20-44-31(45-21-33)30-40-28(24-8-10-25(34)11-9-24)29(41-30)26-12-14-37-32(39-26)36-13-5-16-42-17-15-35-22-42/h2-4,6-12,14-15,31H,5,13,16-22H2,1H3,(H,38,43)(H,40,41)(H,36,37,39). The first kappa shape index (κ1) is 30.5. The van der Waals surface area contributed by atoms with E-state index in [2.05, 4.69) is 30.5 Å². The van der Waals surface area contributed by atoms with Crippen LogP contribution in [0, 0.1) is 11.2 Å². The smallest absolute Gasteiger partial charge is 0.224 e. The van der Waals surface area contributed by atoms with E-state index >= 15 is 0 Å². The molecule has 3 N–H and O–H groups in total. The van der Waals surface area contributed by atoms with Crippen LogP contribution in [0.4, 0.5) is 10.3 Å². The summed E-state index contributed by atoms with van der Waals surface area (Å²) in [5, 5.41) is 6.32. The second-order valence-corrected chi connectivity index (χ2v) is 11.7. The number of imidazole rings is 1. The van der Waals surface area contributed by atoms with E-state index in [-0.39, 0.29) is 11.7 Å². The number of rotatable bonds is 12. The lowest BCUT2D eigenvalue weighted by atomic mass is 9.92. The molecule has 1 fully saturated rings. The minimum absolute atomic E-state index is 0.0518. The van der Waals surface area contributed by atoms with Crippen LogP contribution in [-0.4, -0.2) is 83.0 Å². The van der Waals surface area contributed by atoms with Gasteiger partial charge in [0.2, 0.25) is 18.1 Å². The lowest BCUT2D eigenvalue weighted by Crippen LogP contribution is -2.45. The van der Waals surface area contributed by atoms with Gasteiger partial charge in [0.25, 0.3) is 0 Å². The normalized spacial score (nSPS) is 19.9. The van der Waals surface area contributed by atoms with E-state index in [1.54, 1.807) is 24.4 Å². The van der Waals surface area contributed by atoms with Crippen molar-refractivity contribution in [2.45, 2.75) is 26.1 Å². The molecule has 2 aromatic heterocycles. The molecule has 6 rings (SSSR count). The number of carbonyl (C=O) groups excluding carboxylic acids is 1. The van der Waals surface area contributed by atoms with Crippen molar-refractivity contribution >= 4 is 18.1 Å². The molecule has 234 valence electrons. The number of ether oxygens (including phenoxy) is 2. The third-order valence-electron chi connectivity index (χ3n) is 7.75. The Morgan fingerprint density at radius 1 is 1.09 bits per heavy atom. The third kappa shape index (κ3) is 7.96. The molecule has 2 aromatic carbocycles. The van der Waals surface area contributed by atoms with Crippen molar-refractivity contribution in [2.24, 2.45) is 10.4 Å². The summed E-state index contributed by atoms with van der Waals surface area (Å²) in [5.41, 5.74) is 3.13. The Balaban J connectivity index is 1.12. The van der Waals surface area contributed by atoms with E-state index < -0.39 is 11.7 Å². The number of anilines is 1. The largest absolute Gasteiger partial charge is 0.355 e. The van der Waals surface area contributed by atoms with E-state index in [1.165, 1.54) is 12.1 Å². The third-order valence-corrected chi connectivity index (χ3v) is 7.75. The summed E-state index contributed by atoms with van der Waals surface area (Å²) in [5.74, 6) is 0.588. The number of hydrogen-bond acceptors (Lipinski definition) is 9. The van der Waals surface area contributed by atoms with Gasteiger partial charge in [0.05, 0.1) is 43.4 Å². The van der Waals surface area contributed by atoms with Crippen molar-refractivity contribution < 1.29 is 18.7 Å². The average molecular weight is 613 g/mol. The summed E-state index contributed by atoms with van der Waals surface area (Å²) in [6.45, 7) is 6.43. The minimum atomic E-state index is -0.750. The number of halogens is 1. The first-order chi connectivity index (χ1) is 21.9. The maximum atomic E-state index is 13.8. The molecule has 2 aliphatic rings. The summed E-state index contributed by atoms with van der Waals surface area (Å²) in [6, 6.07) is 17.6. The predicted octanol–water partition coefficient (Wildman–Crippen LogP) is 4.23. The lowest BCUT2D eigenvalue weighted by molar-refractivity contribution is -0.232. The van der Waals surface area contributed by atoms with Gasteiger partial charge in [-0.25, -0.2) is 19.3 Å². The molecule has 45 heavy (non-hydrogen) atoms. The zero-order chi connectivity index (χ0) is 31.1. The molecule has 0 saturated carbocycles. The number of aromatic nitrogens is 4. The van der Waals surface area contributed by atoms with Crippen molar-refractivity contribution in [3.63, 3.8) is 0 Å². The van der Waals surface area contributed by atoms with Crippen LogP contribution in [0.1, 0.15) is 31.0 Å². The number of hydrogen-bond donors (Lipinski definition) is 3. The highest BCUT2D eigenvalue weighted by molar-refractivity contribution is 5.78. The lowest BCUT2D eigenvalue weighted by Gasteiger charge is -2.36. The van der Waals surface area contributed by atoms with Crippen LogP contribution >= 0.6 is 0 Å². The van der Waals surface area contributed by atoms with Crippen molar-refractivity contribution in [3.8, 4) is 22.6 Å². The molecule has 4 aromatic rings. The second-order valence-electron chi connectivity index (χ2n) is 11.7. The van der Waals surface area contributed by atoms with Crippen LogP contribution < -0.4 is 10.6 Å². The number of H-pyrrole nitrogens is 1.